The molecule has 0 unspecified atom stereocenters. The van der Waals surface area contributed by atoms with Gasteiger partial charge in [0, 0.05) is 18.2 Å². The van der Waals surface area contributed by atoms with E-state index in [4.69, 9.17) is 10.9 Å². The molecule has 1 aromatic rings. The Morgan fingerprint density at radius 3 is 2.78 bits per heavy atom. The normalized spacial score (nSPS) is 17.3. The van der Waals surface area contributed by atoms with Crippen molar-refractivity contribution >= 4 is 5.84 Å². The van der Waals surface area contributed by atoms with Crippen molar-refractivity contribution < 1.29 is 9.60 Å². The van der Waals surface area contributed by atoms with Crippen molar-refractivity contribution in [3.8, 4) is 0 Å². The third-order valence-corrected chi connectivity index (χ3v) is 3.31. The van der Waals surface area contributed by atoms with Crippen LogP contribution in [0.25, 0.3) is 0 Å². The van der Waals surface area contributed by atoms with Crippen molar-refractivity contribution in [3.05, 3.63) is 35.1 Å². The van der Waals surface area contributed by atoms with Gasteiger partial charge in [-0.1, -0.05) is 18.0 Å². The molecule has 0 spiro atoms. The van der Waals surface area contributed by atoms with Crippen LogP contribution < -0.4 is 11.1 Å². The summed E-state index contributed by atoms with van der Waals surface area (Å²) in [6, 6.07) is 4.99. The first-order chi connectivity index (χ1) is 8.69. The van der Waals surface area contributed by atoms with Gasteiger partial charge in [-0.3, -0.25) is 0 Å². The smallest absolute Gasteiger partial charge is 0.170 e. The molecule has 18 heavy (non-hydrogen) atoms. The number of nitrogens with zero attached hydrogens (tertiary/aromatic N) is 1. The molecule has 1 saturated carbocycles. The Labute approximate surface area is 106 Å². The summed E-state index contributed by atoms with van der Waals surface area (Å²) >= 11 is 0. The highest BCUT2D eigenvalue weighted by molar-refractivity contribution is 5.97. The number of rotatable bonds is 4. The van der Waals surface area contributed by atoms with E-state index in [1.807, 2.05) is 0 Å². The van der Waals surface area contributed by atoms with Crippen molar-refractivity contribution in [2.75, 3.05) is 0 Å². The van der Waals surface area contributed by atoms with Gasteiger partial charge in [0.15, 0.2) is 5.84 Å². The number of benzene rings is 1. The first-order valence-electron chi connectivity index (χ1n) is 6.20. The molecule has 4 nitrogen and oxygen atoms in total. The maximum atomic E-state index is 13.4. The third-order valence-electron chi connectivity index (χ3n) is 3.31. The van der Waals surface area contributed by atoms with E-state index in [9.17, 15) is 4.39 Å². The minimum Gasteiger partial charge on any atom is -0.409 e. The van der Waals surface area contributed by atoms with Crippen molar-refractivity contribution in [2.24, 2.45) is 10.9 Å². The quantitative estimate of drug-likeness (QED) is 0.331. The number of hydrogen-bond acceptors (Lipinski definition) is 3. The molecule has 2 rings (SSSR count). The summed E-state index contributed by atoms with van der Waals surface area (Å²) in [7, 11) is 0. The second-order valence-corrected chi connectivity index (χ2v) is 4.70. The van der Waals surface area contributed by atoms with Gasteiger partial charge in [-0.25, -0.2) is 4.39 Å². The molecule has 0 atom stereocenters. The lowest BCUT2D eigenvalue weighted by atomic mass is 10.1. The number of nitrogens with one attached hydrogen (secondary N) is 1. The summed E-state index contributed by atoms with van der Waals surface area (Å²) in [5, 5.41) is 14.9. The first-order valence-corrected chi connectivity index (χ1v) is 6.20. The van der Waals surface area contributed by atoms with Crippen LogP contribution in [0, 0.1) is 5.82 Å². The summed E-state index contributed by atoms with van der Waals surface area (Å²) in [6.45, 7) is 0.605. The summed E-state index contributed by atoms with van der Waals surface area (Å²) < 4.78 is 13.4. The Morgan fingerprint density at radius 1 is 1.39 bits per heavy atom. The lowest BCUT2D eigenvalue weighted by Crippen LogP contribution is -2.25. The molecule has 0 heterocycles. The summed E-state index contributed by atoms with van der Waals surface area (Å²) in [5.41, 5.74) is 6.68. The molecule has 0 saturated heterocycles. The lowest BCUT2D eigenvalue weighted by molar-refractivity contribution is 0.318. The fraction of sp³-hybridized carbons (Fsp3) is 0.462. The van der Waals surface area contributed by atoms with Crippen LogP contribution >= 0.6 is 0 Å². The third kappa shape index (κ3) is 3.20. The predicted molar refractivity (Wildman–Crippen MR) is 68.0 cm³/mol. The maximum Gasteiger partial charge on any atom is 0.170 e. The van der Waals surface area contributed by atoms with Crippen molar-refractivity contribution in [2.45, 2.75) is 38.3 Å². The average Bonchev–Trinajstić information content (AvgIpc) is 2.88. The summed E-state index contributed by atoms with van der Waals surface area (Å²) in [6.07, 6.45) is 4.89. The van der Waals surface area contributed by atoms with Gasteiger partial charge in [0.05, 0.1) is 0 Å². The van der Waals surface area contributed by atoms with Gasteiger partial charge in [-0.05, 0) is 36.6 Å². The molecule has 0 bridgehead atoms. The van der Waals surface area contributed by atoms with Gasteiger partial charge >= 0.3 is 0 Å². The monoisotopic (exact) mass is 251 g/mol. The molecule has 1 aromatic carbocycles. The van der Waals surface area contributed by atoms with Crippen molar-refractivity contribution in [1.29, 1.82) is 0 Å². The zero-order valence-corrected chi connectivity index (χ0v) is 10.2. The number of hydrogen-bond donors (Lipinski definition) is 3. The van der Waals surface area contributed by atoms with Crippen molar-refractivity contribution in [3.63, 3.8) is 0 Å². The SMILES string of the molecule is N/C(=N/O)c1cc(F)cc(CNC2CCCC2)c1. The number of oxime groups is 1. The molecule has 1 aliphatic rings. The van der Waals surface area contributed by atoms with E-state index < -0.39 is 0 Å². The molecule has 98 valence electrons. The van der Waals surface area contributed by atoms with Gasteiger partial charge in [0.1, 0.15) is 5.82 Å². The zero-order chi connectivity index (χ0) is 13.0. The topological polar surface area (TPSA) is 70.6 Å². The molecule has 1 fully saturated rings. The standard InChI is InChI=1S/C13H18FN3O/c14-11-6-9(5-10(7-11)13(15)17-18)8-16-12-3-1-2-4-12/h5-7,12,16,18H,1-4,8H2,(H2,15,17). The van der Waals surface area contributed by atoms with Crippen LogP contribution in [0.3, 0.4) is 0 Å². The second-order valence-electron chi connectivity index (χ2n) is 4.70. The Bertz CT molecular complexity index is 442. The fourth-order valence-electron chi connectivity index (χ4n) is 2.35. The van der Waals surface area contributed by atoms with E-state index in [-0.39, 0.29) is 11.7 Å². The molecule has 0 aliphatic heterocycles. The van der Waals surface area contributed by atoms with E-state index in [0.717, 1.165) is 5.56 Å². The van der Waals surface area contributed by atoms with Crippen LogP contribution in [0.4, 0.5) is 4.39 Å². The molecule has 0 radical (unpaired) electrons. The van der Waals surface area contributed by atoms with E-state index in [2.05, 4.69) is 10.5 Å². The minimum atomic E-state index is -0.373. The van der Waals surface area contributed by atoms with Gasteiger partial charge in [0.25, 0.3) is 0 Å². The van der Waals surface area contributed by atoms with Gasteiger partial charge in [-0.15, -0.1) is 0 Å². The number of amidine groups is 1. The Balaban J connectivity index is 2.05. The van der Waals surface area contributed by atoms with E-state index in [0.29, 0.717) is 18.2 Å². The largest absolute Gasteiger partial charge is 0.409 e. The Kier molecular flexibility index (Phi) is 4.15. The van der Waals surface area contributed by atoms with E-state index in [1.165, 1.54) is 37.8 Å². The highest BCUT2D eigenvalue weighted by Crippen LogP contribution is 2.18. The van der Waals surface area contributed by atoms with Gasteiger partial charge < -0.3 is 16.3 Å². The molecular formula is C13H18FN3O. The fourth-order valence-corrected chi connectivity index (χ4v) is 2.35. The molecular weight excluding hydrogens is 233 g/mol. The molecule has 0 amide bonds. The number of halogens is 1. The predicted octanol–water partition coefficient (Wildman–Crippen LogP) is 1.95. The summed E-state index contributed by atoms with van der Waals surface area (Å²) in [5.74, 6) is -0.445. The van der Waals surface area contributed by atoms with Crippen LogP contribution in [-0.2, 0) is 6.54 Å². The molecule has 5 heteroatoms. The van der Waals surface area contributed by atoms with Crippen molar-refractivity contribution in [1.82, 2.24) is 5.32 Å². The Hall–Kier alpha value is -1.62. The number of nitrogens with two attached hydrogens (primary N) is 1. The minimum absolute atomic E-state index is 0.0726. The average molecular weight is 251 g/mol. The molecule has 1 aliphatic carbocycles. The van der Waals surface area contributed by atoms with E-state index >= 15 is 0 Å². The van der Waals surface area contributed by atoms with Gasteiger partial charge in [0.2, 0.25) is 0 Å². The van der Waals surface area contributed by atoms with Gasteiger partial charge in [-0.2, -0.15) is 0 Å². The molecule has 4 N–H and O–H groups in total. The highest BCUT2D eigenvalue weighted by atomic mass is 19.1. The molecule has 0 aromatic heterocycles. The van der Waals surface area contributed by atoms with Crippen LogP contribution in [0.5, 0.6) is 0 Å². The second kappa shape index (κ2) is 5.82. The highest BCUT2D eigenvalue weighted by Gasteiger charge is 2.14. The Morgan fingerprint density at radius 2 is 2.11 bits per heavy atom. The zero-order valence-electron chi connectivity index (χ0n) is 10.2. The van der Waals surface area contributed by atoms with Crippen LogP contribution in [0.2, 0.25) is 0 Å². The maximum absolute atomic E-state index is 13.4. The van der Waals surface area contributed by atoms with Crippen LogP contribution in [0.15, 0.2) is 23.4 Å². The summed E-state index contributed by atoms with van der Waals surface area (Å²) in [4.78, 5) is 0. The van der Waals surface area contributed by atoms with Crippen LogP contribution in [-0.4, -0.2) is 17.1 Å². The van der Waals surface area contributed by atoms with E-state index in [1.54, 1.807) is 6.07 Å². The lowest BCUT2D eigenvalue weighted by Gasteiger charge is -2.12. The van der Waals surface area contributed by atoms with Crippen LogP contribution in [0.1, 0.15) is 36.8 Å². The first kappa shape index (κ1) is 12.8.